The fourth-order valence-corrected chi connectivity index (χ4v) is 3.04. The molecule has 0 aliphatic heterocycles. The molecule has 0 fully saturated rings. The number of benzene rings is 1. The second-order valence-corrected chi connectivity index (χ2v) is 5.09. The molecule has 2 aromatic rings. The summed E-state index contributed by atoms with van der Waals surface area (Å²) in [6, 6.07) is 9.62. The summed E-state index contributed by atoms with van der Waals surface area (Å²) in [6.45, 7) is 2.60. The fourth-order valence-electron chi connectivity index (χ4n) is 1.79. The highest BCUT2D eigenvalue weighted by molar-refractivity contribution is 7.10. The summed E-state index contributed by atoms with van der Waals surface area (Å²) in [5, 5.41) is 2.68. The minimum absolute atomic E-state index is 0.113. The topological polar surface area (TPSA) is 47.3 Å². The van der Waals surface area contributed by atoms with Crippen molar-refractivity contribution in [2.24, 2.45) is 5.84 Å². The molecule has 0 saturated heterocycles. The predicted molar refractivity (Wildman–Crippen MR) is 76.1 cm³/mol. The molecule has 18 heavy (non-hydrogen) atoms. The van der Waals surface area contributed by atoms with Gasteiger partial charge in [0.15, 0.2) is 0 Å². The first-order valence-corrected chi connectivity index (χ1v) is 6.93. The van der Waals surface area contributed by atoms with Crippen molar-refractivity contribution in [3.05, 3.63) is 51.2 Å². The van der Waals surface area contributed by atoms with Crippen LogP contribution in [0.25, 0.3) is 0 Å². The Kier molecular flexibility index (Phi) is 4.60. The first-order valence-electron chi connectivity index (χ1n) is 5.68. The zero-order chi connectivity index (χ0) is 13.0. The maximum absolute atomic E-state index is 6.15. The summed E-state index contributed by atoms with van der Waals surface area (Å²) in [7, 11) is 0. The number of hydrogen-bond acceptors (Lipinski definition) is 4. The van der Waals surface area contributed by atoms with Gasteiger partial charge in [0.2, 0.25) is 0 Å². The normalized spacial score (nSPS) is 12.4. The third-order valence-electron chi connectivity index (χ3n) is 2.58. The van der Waals surface area contributed by atoms with Crippen molar-refractivity contribution >= 4 is 22.9 Å². The van der Waals surface area contributed by atoms with Crippen LogP contribution in [-0.2, 0) is 0 Å². The summed E-state index contributed by atoms with van der Waals surface area (Å²) >= 11 is 7.73. The molecule has 3 nitrogen and oxygen atoms in total. The zero-order valence-electron chi connectivity index (χ0n) is 10.0. The Morgan fingerprint density at radius 3 is 2.89 bits per heavy atom. The van der Waals surface area contributed by atoms with Gasteiger partial charge in [-0.2, -0.15) is 0 Å². The number of hydrazine groups is 1. The molecule has 1 unspecified atom stereocenters. The van der Waals surface area contributed by atoms with E-state index in [1.165, 1.54) is 0 Å². The van der Waals surface area contributed by atoms with Crippen molar-refractivity contribution in [1.29, 1.82) is 0 Å². The van der Waals surface area contributed by atoms with Gasteiger partial charge in [-0.3, -0.25) is 5.84 Å². The van der Waals surface area contributed by atoms with E-state index in [2.05, 4.69) is 5.43 Å². The lowest BCUT2D eigenvalue weighted by Crippen LogP contribution is -2.28. The highest BCUT2D eigenvalue weighted by Crippen LogP contribution is 2.33. The zero-order valence-corrected chi connectivity index (χ0v) is 11.6. The summed E-state index contributed by atoms with van der Waals surface area (Å²) in [4.78, 5) is 1.01. The van der Waals surface area contributed by atoms with Crippen LogP contribution >= 0.6 is 22.9 Å². The Bertz CT molecular complexity index is 515. The van der Waals surface area contributed by atoms with Gasteiger partial charge in [-0.15, -0.1) is 11.3 Å². The second kappa shape index (κ2) is 6.20. The maximum Gasteiger partial charge on any atom is 0.119 e. The van der Waals surface area contributed by atoms with E-state index >= 15 is 0 Å². The van der Waals surface area contributed by atoms with E-state index in [-0.39, 0.29) is 6.04 Å². The average molecular weight is 283 g/mol. The summed E-state index contributed by atoms with van der Waals surface area (Å²) in [6.07, 6.45) is 0. The predicted octanol–water partition coefficient (Wildman–Crippen LogP) is 3.35. The molecule has 0 aliphatic rings. The maximum atomic E-state index is 6.15. The van der Waals surface area contributed by atoms with Crippen LogP contribution in [0.3, 0.4) is 0 Å². The van der Waals surface area contributed by atoms with Gasteiger partial charge in [-0.25, -0.2) is 5.43 Å². The van der Waals surface area contributed by atoms with Crippen molar-refractivity contribution in [2.45, 2.75) is 13.0 Å². The molecular weight excluding hydrogens is 268 g/mol. The minimum atomic E-state index is -0.113. The Labute approximate surface area is 116 Å². The van der Waals surface area contributed by atoms with E-state index in [1.807, 2.05) is 42.6 Å². The molecule has 1 atom stereocenters. The molecule has 5 heteroatoms. The fraction of sp³-hybridized carbons (Fsp3) is 0.231. The molecule has 2 rings (SSSR count). The van der Waals surface area contributed by atoms with Crippen molar-refractivity contribution < 1.29 is 4.74 Å². The summed E-state index contributed by atoms with van der Waals surface area (Å²) in [5.74, 6) is 6.48. The molecule has 1 heterocycles. The van der Waals surface area contributed by atoms with Crippen LogP contribution in [0, 0.1) is 0 Å². The van der Waals surface area contributed by atoms with E-state index in [1.54, 1.807) is 11.3 Å². The van der Waals surface area contributed by atoms with Crippen LogP contribution in [-0.4, -0.2) is 6.61 Å². The SMILES string of the molecule is CCOc1cccc(C(NN)c2sccc2Cl)c1. The lowest BCUT2D eigenvalue weighted by molar-refractivity contribution is 0.339. The number of nitrogens with two attached hydrogens (primary N) is 1. The molecule has 0 saturated carbocycles. The third kappa shape index (κ3) is 2.84. The molecule has 0 radical (unpaired) electrons. The van der Waals surface area contributed by atoms with Gasteiger partial charge in [0.25, 0.3) is 0 Å². The van der Waals surface area contributed by atoms with Gasteiger partial charge in [-0.1, -0.05) is 23.7 Å². The van der Waals surface area contributed by atoms with E-state index in [4.69, 9.17) is 22.2 Å². The van der Waals surface area contributed by atoms with Gasteiger partial charge < -0.3 is 4.74 Å². The smallest absolute Gasteiger partial charge is 0.119 e. The summed E-state index contributed by atoms with van der Waals surface area (Å²) in [5.41, 5.74) is 3.84. The lowest BCUT2D eigenvalue weighted by atomic mass is 10.1. The standard InChI is InChI=1S/C13H15ClN2OS/c1-2-17-10-5-3-4-9(8-10)12(16-15)13-11(14)6-7-18-13/h3-8,12,16H,2,15H2,1H3. The Morgan fingerprint density at radius 2 is 2.28 bits per heavy atom. The lowest BCUT2D eigenvalue weighted by Gasteiger charge is -2.16. The number of halogens is 1. The molecule has 96 valence electrons. The average Bonchev–Trinajstić information content (AvgIpc) is 2.78. The van der Waals surface area contributed by atoms with Crippen LogP contribution in [0.5, 0.6) is 5.75 Å². The number of nitrogens with one attached hydrogen (secondary N) is 1. The molecule has 0 spiro atoms. The first-order chi connectivity index (χ1) is 8.76. The number of thiophene rings is 1. The van der Waals surface area contributed by atoms with Gasteiger partial charge >= 0.3 is 0 Å². The van der Waals surface area contributed by atoms with E-state index in [0.717, 1.165) is 21.2 Å². The monoisotopic (exact) mass is 282 g/mol. The molecule has 0 amide bonds. The Hall–Kier alpha value is -1.07. The Balaban J connectivity index is 2.33. The summed E-state index contributed by atoms with van der Waals surface area (Å²) < 4.78 is 5.49. The van der Waals surface area contributed by atoms with Crippen LogP contribution in [0.4, 0.5) is 0 Å². The largest absolute Gasteiger partial charge is 0.494 e. The number of rotatable bonds is 5. The quantitative estimate of drug-likeness (QED) is 0.653. The second-order valence-electron chi connectivity index (χ2n) is 3.74. The van der Waals surface area contributed by atoms with Crippen LogP contribution < -0.4 is 16.0 Å². The van der Waals surface area contributed by atoms with Gasteiger partial charge in [0.05, 0.1) is 17.7 Å². The molecule has 1 aromatic heterocycles. The Morgan fingerprint density at radius 1 is 1.44 bits per heavy atom. The van der Waals surface area contributed by atoms with Gasteiger partial charge in [0, 0.05) is 4.88 Å². The highest BCUT2D eigenvalue weighted by atomic mass is 35.5. The van der Waals surface area contributed by atoms with Crippen molar-refractivity contribution in [1.82, 2.24) is 5.43 Å². The number of ether oxygens (including phenoxy) is 1. The van der Waals surface area contributed by atoms with Crippen molar-refractivity contribution in [3.63, 3.8) is 0 Å². The molecule has 0 bridgehead atoms. The molecule has 1 aromatic carbocycles. The molecular formula is C13H15ClN2OS. The van der Waals surface area contributed by atoms with Crippen molar-refractivity contribution in [2.75, 3.05) is 6.61 Å². The van der Waals surface area contributed by atoms with Crippen molar-refractivity contribution in [3.8, 4) is 5.75 Å². The van der Waals surface area contributed by atoms with E-state index < -0.39 is 0 Å². The molecule has 3 N–H and O–H groups in total. The van der Waals surface area contributed by atoms with Crippen LogP contribution in [0.15, 0.2) is 35.7 Å². The van der Waals surface area contributed by atoms with Crippen LogP contribution in [0.1, 0.15) is 23.4 Å². The first kappa shape index (κ1) is 13.4. The van der Waals surface area contributed by atoms with Gasteiger partial charge in [-0.05, 0) is 36.1 Å². The third-order valence-corrected chi connectivity index (χ3v) is 4.00. The van der Waals surface area contributed by atoms with E-state index in [0.29, 0.717) is 6.61 Å². The molecule has 0 aliphatic carbocycles. The van der Waals surface area contributed by atoms with E-state index in [9.17, 15) is 0 Å². The van der Waals surface area contributed by atoms with Gasteiger partial charge in [0.1, 0.15) is 5.75 Å². The van der Waals surface area contributed by atoms with Crippen LogP contribution in [0.2, 0.25) is 5.02 Å². The highest BCUT2D eigenvalue weighted by Gasteiger charge is 2.17. The number of hydrogen-bond donors (Lipinski definition) is 2. The minimum Gasteiger partial charge on any atom is -0.494 e.